The first kappa shape index (κ1) is 14.6. The lowest BCUT2D eigenvalue weighted by Crippen LogP contribution is -2.28. The molecule has 1 amide bonds. The van der Waals surface area contributed by atoms with Gasteiger partial charge in [-0.05, 0) is 36.2 Å². The predicted molar refractivity (Wildman–Crippen MR) is 91.5 cm³/mol. The molecule has 0 bridgehead atoms. The Kier molecular flexibility index (Phi) is 3.61. The highest BCUT2D eigenvalue weighted by Crippen LogP contribution is 2.32. The standard InChI is InChI=1S/C19H18N2O3/c1-21(9-8-14-11-20-16-5-3-2-4-15(14)16)19(22)13-6-7-17-18(10-13)24-12-23-17/h2-7,10-11,20H,8-9,12H2,1H3. The van der Waals surface area contributed by atoms with Gasteiger partial charge in [-0.15, -0.1) is 0 Å². The molecule has 0 aliphatic carbocycles. The van der Waals surface area contributed by atoms with Crippen LogP contribution >= 0.6 is 0 Å². The van der Waals surface area contributed by atoms with Crippen LogP contribution in [-0.4, -0.2) is 36.2 Å². The van der Waals surface area contributed by atoms with Crippen molar-refractivity contribution in [2.24, 2.45) is 0 Å². The van der Waals surface area contributed by atoms with Gasteiger partial charge in [0, 0.05) is 36.3 Å². The summed E-state index contributed by atoms with van der Waals surface area (Å²) in [5.41, 5.74) is 2.95. The zero-order valence-corrected chi connectivity index (χ0v) is 13.4. The summed E-state index contributed by atoms with van der Waals surface area (Å²) in [5.74, 6) is 1.30. The number of benzene rings is 2. The maximum atomic E-state index is 12.6. The van der Waals surface area contributed by atoms with Crippen molar-refractivity contribution in [3.05, 3.63) is 59.8 Å². The zero-order valence-electron chi connectivity index (χ0n) is 13.4. The first-order chi connectivity index (χ1) is 11.7. The van der Waals surface area contributed by atoms with E-state index in [9.17, 15) is 4.79 Å². The third-order valence-corrected chi connectivity index (χ3v) is 4.36. The molecular weight excluding hydrogens is 304 g/mol. The Bertz CT molecular complexity index is 901. The van der Waals surface area contributed by atoms with Crippen molar-refractivity contribution in [3.8, 4) is 11.5 Å². The molecule has 2 heterocycles. The number of carbonyl (C=O) groups excluding carboxylic acids is 1. The number of aromatic amines is 1. The second-order valence-electron chi connectivity index (χ2n) is 5.90. The summed E-state index contributed by atoms with van der Waals surface area (Å²) in [7, 11) is 1.82. The van der Waals surface area contributed by atoms with Crippen molar-refractivity contribution >= 4 is 16.8 Å². The molecule has 0 fully saturated rings. The first-order valence-electron chi connectivity index (χ1n) is 7.92. The van der Waals surface area contributed by atoms with Crippen molar-refractivity contribution < 1.29 is 14.3 Å². The molecule has 0 radical (unpaired) electrons. The van der Waals surface area contributed by atoms with Gasteiger partial charge in [0.25, 0.3) is 5.91 Å². The zero-order chi connectivity index (χ0) is 16.5. The normalized spacial score (nSPS) is 12.5. The molecule has 0 atom stereocenters. The Morgan fingerprint density at radius 2 is 2.00 bits per heavy atom. The van der Waals surface area contributed by atoms with Crippen molar-refractivity contribution in [1.82, 2.24) is 9.88 Å². The topological polar surface area (TPSA) is 54.6 Å². The van der Waals surface area contributed by atoms with Crippen LogP contribution in [0.4, 0.5) is 0 Å². The summed E-state index contributed by atoms with van der Waals surface area (Å²) in [6.45, 7) is 0.860. The van der Waals surface area contributed by atoms with E-state index in [1.54, 1.807) is 23.1 Å². The van der Waals surface area contributed by atoms with E-state index in [4.69, 9.17) is 9.47 Å². The van der Waals surface area contributed by atoms with Crippen LogP contribution < -0.4 is 9.47 Å². The molecule has 0 unspecified atom stereocenters. The van der Waals surface area contributed by atoms with Crippen molar-refractivity contribution in [3.63, 3.8) is 0 Å². The molecule has 1 N–H and O–H groups in total. The third kappa shape index (κ3) is 2.58. The van der Waals surface area contributed by atoms with E-state index in [1.165, 1.54) is 10.9 Å². The highest BCUT2D eigenvalue weighted by molar-refractivity contribution is 5.94. The van der Waals surface area contributed by atoms with Crippen LogP contribution in [0.1, 0.15) is 15.9 Å². The summed E-state index contributed by atoms with van der Waals surface area (Å²) in [6, 6.07) is 13.5. The molecule has 1 aliphatic rings. The summed E-state index contributed by atoms with van der Waals surface area (Å²) < 4.78 is 10.6. The van der Waals surface area contributed by atoms with Gasteiger partial charge in [-0.2, -0.15) is 0 Å². The van der Waals surface area contributed by atoms with Gasteiger partial charge < -0.3 is 19.4 Å². The molecule has 5 heteroatoms. The van der Waals surface area contributed by atoms with Crippen LogP contribution in [-0.2, 0) is 6.42 Å². The van der Waals surface area contributed by atoms with Gasteiger partial charge in [-0.3, -0.25) is 4.79 Å². The van der Waals surface area contributed by atoms with E-state index in [1.807, 2.05) is 25.4 Å². The average Bonchev–Trinajstić information content (AvgIpc) is 3.25. The van der Waals surface area contributed by atoms with Crippen LogP contribution in [0.15, 0.2) is 48.7 Å². The van der Waals surface area contributed by atoms with Crippen molar-refractivity contribution in [2.45, 2.75) is 6.42 Å². The Hall–Kier alpha value is -2.95. The second-order valence-corrected chi connectivity index (χ2v) is 5.90. The Morgan fingerprint density at radius 3 is 2.92 bits per heavy atom. The van der Waals surface area contributed by atoms with E-state index in [0.717, 1.165) is 11.9 Å². The molecule has 0 saturated carbocycles. The number of para-hydroxylation sites is 1. The number of hydrogen-bond donors (Lipinski definition) is 1. The fourth-order valence-electron chi connectivity index (χ4n) is 2.98. The van der Waals surface area contributed by atoms with Gasteiger partial charge in [0.2, 0.25) is 6.79 Å². The number of rotatable bonds is 4. The van der Waals surface area contributed by atoms with Gasteiger partial charge in [0.1, 0.15) is 0 Å². The summed E-state index contributed by atoms with van der Waals surface area (Å²) in [5, 5.41) is 1.21. The first-order valence-corrected chi connectivity index (χ1v) is 7.92. The monoisotopic (exact) mass is 322 g/mol. The maximum Gasteiger partial charge on any atom is 0.253 e. The van der Waals surface area contributed by atoms with Gasteiger partial charge in [-0.25, -0.2) is 0 Å². The minimum atomic E-state index is -0.0202. The molecular formula is C19H18N2O3. The fraction of sp³-hybridized carbons (Fsp3) is 0.211. The smallest absolute Gasteiger partial charge is 0.253 e. The van der Waals surface area contributed by atoms with E-state index in [2.05, 4.69) is 17.1 Å². The molecule has 1 aliphatic heterocycles. The van der Waals surface area contributed by atoms with E-state index < -0.39 is 0 Å². The number of amides is 1. The Morgan fingerprint density at radius 1 is 1.17 bits per heavy atom. The Balaban J connectivity index is 1.46. The minimum Gasteiger partial charge on any atom is -0.454 e. The number of ether oxygens (including phenoxy) is 2. The number of likely N-dealkylation sites (N-methyl/N-ethyl adjacent to an activating group) is 1. The second kappa shape index (κ2) is 5.92. The lowest BCUT2D eigenvalue weighted by atomic mass is 10.1. The number of carbonyl (C=O) groups is 1. The summed E-state index contributed by atoms with van der Waals surface area (Å²) in [6.07, 6.45) is 2.82. The molecule has 24 heavy (non-hydrogen) atoms. The summed E-state index contributed by atoms with van der Waals surface area (Å²) >= 11 is 0. The van der Waals surface area contributed by atoms with Crippen LogP contribution in [0.5, 0.6) is 11.5 Å². The van der Waals surface area contributed by atoms with Crippen LogP contribution in [0.25, 0.3) is 10.9 Å². The molecule has 0 saturated heterocycles. The molecule has 5 nitrogen and oxygen atoms in total. The lowest BCUT2D eigenvalue weighted by Gasteiger charge is -2.17. The van der Waals surface area contributed by atoms with Crippen LogP contribution in [0.2, 0.25) is 0 Å². The lowest BCUT2D eigenvalue weighted by molar-refractivity contribution is 0.0796. The number of H-pyrrole nitrogens is 1. The quantitative estimate of drug-likeness (QED) is 0.802. The highest BCUT2D eigenvalue weighted by Gasteiger charge is 2.18. The summed E-state index contributed by atoms with van der Waals surface area (Å²) in [4.78, 5) is 17.6. The highest BCUT2D eigenvalue weighted by atomic mass is 16.7. The number of hydrogen-bond acceptors (Lipinski definition) is 3. The van der Waals surface area contributed by atoms with Gasteiger partial charge in [-0.1, -0.05) is 18.2 Å². The van der Waals surface area contributed by atoms with Crippen LogP contribution in [0.3, 0.4) is 0 Å². The molecule has 1 aromatic heterocycles. The van der Waals surface area contributed by atoms with Crippen LogP contribution in [0, 0.1) is 0 Å². The van der Waals surface area contributed by atoms with E-state index in [0.29, 0.717) is 23.6 Å². The molecule has 122 valence electrons. The molecule has 0 spiro atoms. The van der Waals surface area contributed by atoms with Gasteiger partial charge in [0.05, 0.1) is 0 Å². The molecule has 3 aromatic rings. The molecule has 4 rings (SSSR count). The SMILES string of the molecule is CN(CCc1c[nH]c2ccccc12)C(=O)c1ccc2c(c1)OCO2. The van der Waals surface area contributed by atoms with Crippen molar-refractivity contribution in [1.29, 1.82) is 0 Å². The minimum absolute atomic E-state index is 0.0202. The number of nitrogens with zero attached hydrogens (tertiary/aromatic N) is 1. The average molecular weight is 322 g/mol. The number of aromatic nitrogens is 1. The van der Waals surface area contributed by atoms with Gasteiger partial charge in [0.15, 0.2) is 11.5 Å². The number of nitrogens with one attached hydrogen (secondary N) is 1. The predicted octanol–water partition coefficient (Wildman–Crippen LogP) is 3.21. The fourth-order valence-corrected chi connectivity index (χ4v) is 2.98. The Labute approximate surface area is 139 Å². The third-order valence-electron chi connectivity index (χ3n) is 4.36. The largest absolute Gasteiger partial charge is 0.454 e. The maximum absolute atomic E-state index is 12.6. The number of fused-ring (bicyclic) bond motifs is 2. The van der Waals surface area contributed by atoms with Gasteiger partial charge >= 0.3 is 0 Å². The molecule has 2 aromatic carbocycles. The van der Waals surface area contributed by atoms with E-state index >= 15 is 0 Å². The van der Waals surface area contributed by atoms with Crippen molar-refractivity contribution in [2.75, 3.05) is 20.4 Å². The van der Waals surface area contributed by atoms with E-state index in [-0.39, 0.29) is 12.7 Å².